The summed E-state index contributed by atoms with van der Waals surface area (Å²) in [6.45, 7) is -0.0503. The Morgan fingerprint density at radius 2 is 1.88 bits per heavy atom. The van der Waals surface area contributed by atoms with Gasteiger partial charge in [0.15, 0.2) is 18.1 Å². The van der Waals surface area contributed by atoms with E-state index in [4.69, 9.17) is 14.7 Å². The molecule has 0 saturated heterocycles. The smallest absolute Gasteiger partial charge is 0.321 e. The van der Waals surface area contributed by atoms with Gasteiger partial charge in [0.1, 0.15) is 0 Å². The predicted molar refractivity (Wildman–Crippen MR) is 90.0 cm³/mol. The number of hydrogen-bond donors (Lipinski definition) is 2. The third-order valence-corrected chi connectivity index (χ3v) is 3.20. The molecule has 2 N–H and O–H groups in total. The normalized spacial score (nSPS) is 9.60. The Bertz CT molecular complexity index is 785. The minimum absolute atomic E-state index is 0.307. The van der Waals surface area contributed by atoms with Crippen LogP contribution >= 0.6 is 0 Å². The van der Waals surface area contributed by atoms with Crippen molar-refractivity contribution >= 4 is 11.9 Å². The Kier molecular flexibility index (Phi) is 6.37. The first kappa shape index (κ1) is 17.8. The number of hydrogen-bond acceptors (Lipinski definition) is 5. The second kappa shape index (κ2) is 8.93. The van der Waals surface area contributed by atoms with Crippen molar-refractivity contribution in [1.82, 2.24) is 10.6 Å². The lowest BCUT2D eigenvalue weighted by molar-refractivity contribution is -0.122. The first-order valence-electron chi connectivity index (χ1n) is 7.45. The van der Waals surface area contributed by atoms with Crippen molar-refractivity contribution in [3.8, 4) is 17.6 Å². The summed E-state index contributed by atoms with van der Waals surface area (Å²) in [6.07, 6.45) is 0. The summed E-state index contributed by atoms with van der Waals surface area (Å²) in [5.41, 5.74) is 1.33. The number of rotatable bonds is 6. The number of carbonyl (C=O) groups is 2. The number of urea groups is 1. The zero-order valence-corrected chi connectivity index (χ0v) is 13.6. The van der Waals surface area contributed by atoms with Gasteiger partial charge in [-0.2, -0.15) is 5.26 Å². The molecule has 7 nitrogen and oxygen atoms in total. The molecular formula is C18H17N3O4. The first-order valence-corrected chi connectivity index (χ1v) is 7.45. The lowest BCUT2D eigenvalue weighted by Crippen LogP contribution is -2.41. The lowest BCUT2D eigenvalue weighted by atomic mass is 10.2. The molecule has 0 aromatic heterocycles. The molecule has 0 atom stereocenters. The minimum atomic E-state index is -0.607. The summed E-state index contributed by atoms with van der Waals surface area (Å²) in [5.74, 6) is 0.0405. The number of benzene rings is 2. The van der Waals surface area contributed by atoms with Gasteiger partial charge in [0.25, 0.3) is 5.91 Å². The summed E-state index contributed by atoms with van der Waals surface area (Å²) in [6, 6.07) is 15.3. The predicted octanol–water partition coefficient (Wildman–Crippen LogP) is 1.97. The monoisotopic (exact) mass is 339 g/mol. The van der Waals surface area contributed by atoms with Crippen molar-refractivity contribution in [3.63, 3.8) is 0 Å². The van der Waals surface area contributed by atoms with E-state index in [1.165, 1.54) is 19.2 Å². The van der Waals surface area contributed by atoms with E-state index >= 15 is 0 Å². The van der Waals surface area contributed by atoms with E-state index in [-0.39, 0.29) is 6.61 Å². The van der Waals surface area contributed by atoms with E-state index in [1.807, 2.05) is 36.4 Å². The van der Waals surface area contributed by atoms with Gasteiger partial charge in [-0.3, -0.25) is 10.1 Å². The van der Waals surface area contributed by atoms with Crippen LogP contribution in [0.4, 0.5) is 4.79 Å². The highest BCUT2D eigenvalue weighted by Gasteiger charge is 2.11. The number of carbonyl (C=O) groups excluding carboxylic acids is 2. The van der Waals surface area contributed by atoms with E-state index < -0.39 is 11.9 Å². The summed E-state index contributed by atoms with van der Waals surface area (Å²) in [4.78, 5) is 23.5. The standard InChI is InChI=1S/C18H17N3O4/c1-24-16-9-14(10-19)7-8-15(16)25-12-17(22)21-18(23)20-11-13-5-3-2-4-6-13/h2-9H,11-12H2,1H3,(H2,20,21,22,23). The second-order valence-electron chi connectivity index (χ2n) is 4.98. The molecule has 2 aromatic rings. The number of nitrogens with zero attached hydrogens (tertiary/aromatic N) is 1. The van der Waals surface area contributed by atoms with E-state index in [1.54, 1.807) is 6.07 Å². The molecule has 0 spiro atoms. The third kappa shape index (κ3) is 5.55. The molecule has 2 rings (SSSR count). The average molecular weight is 339 g/mol. The fraction of sp³-hybridized carbons (Fsp3) is 0.167. The molecule has 0 saturated carbocycles. The number of amides is 3. The van der Waals surface area contributed by atoms with E-state index in [0.717, 1.165) is 5.56 Å². The quantitative estimate of drug-likeness (QED) is 0.838. The fourth-order valence-electron chi connectivity index (χ4n) is 1.98. The first-order chi connectivity index (χ1) is 12.1. The van der Waals surface area contributed by atoms with E-state index in [0.29, 0.717) is 23.6 Å². The highest BCUT2D eigenvalue weighted by molar-refractivity contribution is 5.95. The van der Waals surface area contributed by atoms with Crippen LogP contribution in [-0.4, -0.2) is 25.7 Å². The van der Waals surface area contributed by atoms with Crippen LogP contribution < -0.4 is 20.1 Å². The zero-order chi connectivity index (χ0) is 18.1. The molecule has 0 heterocycles. The van der Waals surface area contributed by atoms with Gasteiger partial charge in [0.2, 0.25) is 0 Å². The lowest BCUT2D eigenvalue weighted by Gasteiger charge is -2.11. The molecule has 0 aliphatic rings. The SMILES string of the molecule is COc1cc(C#N)ccc1OCC(=O)NC(=O)NCc1ccccc1. The van der Waals surface area contributed by atoms with Crippen LogP contribution in [0.15, 0.2) is 48.5 Å². The Labute approximate surface area is 145 Å². The van der Waals surface area contributed by atoms with Crippen molar-refractivity contribution in [1.29, 1.82) is 5.26 Å². The molecule has 0 bridgehead atoms. The van der Waals surface area contributed by atoms with Crippen molar-refractivity contribution in [2.45, 2.75) is 6.54 Å². The van der Waals surface area contributed by atoms with Gasteiger partial charge >= 0.3 is 6.03 Å². The summed E-state index contributed by atoms with van der Waals surface area (Å²) in [7, 11) is 1.43. The zero-order valence-electron chi connectivity index (χ0n) is 13.6. The van der Waals surface area contributed by atoms with Gasteiger partial charge in [-0.1, -0.05) is 30.3 Å². The molecule has 128 valence electrons. The molecular weight excluding hydrogens is 322 g/mol. The molecule has 0 radical (unpaired) electrons. The van der Waals surface area contributed by atoms with Gasteiger partial charge in [-0.25, -0.2) is 4.79 Å². The third-order valence-electron chi connectivity index (χ3n) is 3.20. The largest absolute Gasteiger partial charge is 0.493 e. The van der Waals surface area contributed by atoms with Crippen molar-refractivity contribution in [3.05, 3.63) is 59.7 Å². The van der Waals surface area contributed by atoms with Crippen LogP contribution in [0.1, 0.15) is 11.1 Å². The van der Waals surface area contributed by atoms with Gasteiger partial charge in [0.05, 0.1) is 18.7 Å². The fourth-order valence-corrected chi connectivity index (χ4v) is 1.98. The van der Waals surface area contributed by atoms with Crippen LogP contribution in [0.25, 0.3) is 0 Å². The Morgan fingerprint density at radius 3 is 2.56 bits per heavy atom. The summed E-state index contributed by atoms with van der Waals surface area (Å²) in [5, 5.41) is 13.6. The van der Waals surface area contributed by atoms with Crippen LogP contribution in [0.5, 0.6) is 11.5 Å². The number of methoxy groups -OCH3 is 1. The topological polar surface area (TPSA) is 100 Å². The Hall–Kier alpha value is -3.53. The Balaban J connectivity index is 1.80. The molecule has 25 heavy (non-hydrogen) atoms. The summed E-state index contributed by atoms with van der Waals surface area (Å²) < 4.78 is 10.4. The van der Waals surface area contributed by atoms with Crippen LogP contribution in [0.3, 0.4) is 0 Å². The Morgan fingerprint density at radius 1 is 1.12 bits per heavy atom. The molecule has 7 heteroatoms. The number of nitriles is 1. The highest BCUT2D eigenvalue weighted by atomic mass is 16.5. The van der Waals surface area contributed by atoms with Crippen molar-refractivity contribution < 1.29 is 19.1 Å². The maximum absolute atomic E-state index is 11.8. The molecule has 2 aromatic carbocycles. The number of ether oxygens (including phenoxy) is 2. The van der Waals surface area contributed by atoms with Crippen LogP contribution in [0, 0.1) is 11.3 Å². The molecule has 3 amide bonds. The number of imide groups is 1. The average Bonchev–Trinajstić information content (AvgIpc) is 2.65. The molecule has 0 unspecified atom stereocenters. The van der Waals surface area contributed by atoms with Crippen LogP contribution in [-0.2, 0) is 11.3 Å². The van der Waals surface area contributed by atoms with Gasteiger partial charge in [-0.05, 0) is 17.7 Å². The minimum Gasteiger partial charge on any atom is -0.493 e. The van der Waals surface area contributed by atoms with Crippen molar-refractivity contribution in [2.24, 2.45) is 0 Å². The maximum Gasteiger partial charge on any atom is 0.321 e. The number of nitrogens with one attached hydrogen (secondary N) is 2. The second-order valence-corrected chi connectivity index (χ2v) is 4.98. The van der Waals surface area contributed by atoms with Crippen molar-refractivity contribution in [2.75, 3.05) is 13.7 Å². The van der Waals surface area contributed by atoms with Crippen LogP contribution in [0.2, 0.25) is 0 Å². The van der Waals surface area contributed by atoms with Gasteiger partial charge in [0, 0.05) is 12.6 Å². The van der Waals surface area contributed by atoms with E-state index in [2.05, 4.69) is 10.6 Å². The molecule has 0 fully saturated rings. The molecule has 0 aliphatic heterocycles. The summed E-state index contributed by atoms with van der Waals surface area (Å²) >= 11 is 0. The van der Waals surface area contributed by atoms with Gasteiger partial charge < -0.3 is 14.8 Å². The van der Waals surface area contributed by atoms with Gasteiger partial charge in [-0.15, -0.1) is 0 Å². The maximum atomic E-state index is 11.8. The van der Waals surface area contributed by atoms with E-state index in [9.17, 15) is 9.59 Å². The molecule has 0 aliphatic carbocycles. The highest BCUT2D eigenvalue weighted by Crippen LogP contribution is 2.27.